The maximum Gasteiger partial charge on any atom is 0.490 e. The van der Waals surface area contributed by atoms with E-state index in [9.17, 15) is 18.0 Å². The van der Waals surface area contributed by atoms with Crippen molar-refractivity contribution in [1.29, 1.82) is 0 Å². The summed E-state index contributed by atoms with van der Waals surface area (Å²) in [6.07, 6.45) is 1.34. The number of carboxylic acids is 1. The molecule has 3 N–H and O–H groups in total. The van der Waals surface area contributed by atoms with Crippen LogP contribution in [0.1, 0.15) is 37.8 Å². The van der Waals surface area contributed by atoms with Crippen LogP contribution in [0.5, 0.6) is 0 Å². The number of benzene rings is 1. The minimum atomic E-state index is -5.08. The summed E-state index contributed by atoms with van der Waals surface area (Å²) >= 11 is 12.5. The molecular weight excluding hydrogens is 560 g/mol. The Balaban J connectivity index is 0.000000532. The molecule has 39 heavy (non-hydrogen) atoms. The highest BCUT2D eigenvalue weighted by molar-refractivity contribution is 6.43. The monoisotopic (exact) mass is 592 g/mol. The average molecular weight is 593 g/mol. The lowest BCUT2D eigenvalue weighted by Gasteiger charge is -2.36. The Morgan fingerprint density at radius 3 is 2.36 bits per heavy atom. The van der Waals surface area contributed by atoms with Gasteiger partial charge in [0.05, 0.1) is 15.7 Å². The number of anilines is 2. The van der Waals surface area contributed by atoms with Gasteiger partial charge in [-0.3, -0.25) is 14.5 Å². The molecule has 0 bridgehead atoms. The Hall–Kier alpha value is -2.70. The number of nitrogens with two attached hydrogens (primary N) is 1. The lowest BCUT2D eigenvalue weighted by atomic mass is 10.1. The van der Waals surface area contributed by atoms with Crippen molar-refractivity contribution in [3.05, 3.63) is 40.0 Å². The summed E-state index contributed by atoms with van der Waals surface area (Å²) < 4.78 is 33.8. The summed E-state index contributed by atoms with van der Waals surface area (Å²) in [6, 6.07) is 7.41. The topological polar surface area (TPSA) is 108 Å². The number of piperazine rings is 1. The number of nitrogens with zero attached hydrogens (tertiary/aromatic N) is 5. The first-order valence-electron chi connectivity index (χ1n) is 12.8. The van der Waals surface area contributed by atoms with E-state index >= 15 is 0 Å². The summed E-state index contributed by atoms with van der Waals surface area (Å²) in [6.45, 7) is 6.52. The van der Waals surface area contributed by atoms with Gasteiger partial charge in [0.2, 0.25) is 0 Å². The number of urea groups is 1. The molecule has 0 unspecified atom stereocenters. The molecule has 1 aromatic heterocycles. The van der Waals surface area contributed by atoms with Crippen molar-refractivity contribution in [3.8, 4) is 0 Å². The van der Waals surface area contributed by atoms with Crippen molar-refractivity contribution < 1.29 is 27.9 Å². The molecule has 216 valence electrons. The van der Waals surface area contributed by atoms with Gasteiger partial charge < -0.3 is 15.7 Å². The van der Waals surface area contributed by atoms with Crippen molar-refractivity contribution in [3.63, 3.8) is 0 Å². The number of amides is 2. The Morgan fingerprint density at radius 2 is 1.74 bits per heavy atom. The first-order chi connectivity index (χ1) is 18.5. The second-order valence-electron chi connectivity index (χ2n) is 9.43. The minimum Gasteiger partial charge on any atom is -0.475 e. The molecule has 0 atom stereocenters. The molecule has 1 aromatic carbocycles. The zero-order chi connectivity index (χ0) is 28.6. The van der Waals surface area contributed by atoms with E-state index in [4.69, 9.17) is 38.8 Å². The molecule has 0 aliphatic carbocycles. The summed E-state index contributed by atoms with van der Waals surface area (Å²) in [5, 5.41) is 13.0. The van der Waals surface area contributed by atoms with E-state index in [1.165, 1.54) is 12.1 Å². The lowest BCUT2D eigenvalue weighted by Crippen LogP contribution is -2.46. The standard InChI is InChI=1S/C23H32Cl2N6O.C2HF3O2/c24-19-8-6-9-20(22(19)25)29-15-13-28(14-16-29)10-3-1-4-11-30(23(26)32)21-17-18-7-2-5-12-31(18)27-21;3-2(4,5)1(6)7/h6,8-9,17H,1-5,7,10-16H2,(H2,26,32);(H,6,7). The number of carbonyl (C=O) groups is 2. The Bertz CT molecular complexity index is 1100. The van der Waals surface area contributed by atoms with Crippen LogP contribution >= 0.6 is 23.2 Å². The number of alkyl halides is 3. The third-order valence-electron chi connectivity index (χ3n) is 6.69. The Kier molecular flexibility index (Phi) is 11.1. The second kappa shape index (κ2) is 14.1. The lowest BCUT2D eigenvalue weighted by molar-refractivity contribution is -0.192. The molecule has 9 nitrogen and oxygen atoms in total. The normalized spacial score (nSPS) is 15.8. The number of carbonyl (C=O) groups excluding carboxylic acids is 1. The van der Waals surface area contributed by atoms with Crippen LogP contribution in [-0.2, 0) is 17.8 Å². The van der Waals surface area contributed by atoms with E-state index in [0.717, 1.165) is 77.1 Å². The number of hydrogen-bond acceptors (Lipinski definition) is 5. The van der Waals surface area contributed by atoms with Gasteiger partial charge in [-0.15, -0.1) is 0 Å². The van der Waals surface area contributed by atoms with Gasteiger partial charge in [0.25, 0.3) is 0 Å². The maximum atomic E-state index is 12.0. The number of unbranched alkanes of at least 4 members (excludes halogenated alkanes) is 2. The third kappa shape index (κ3) is 8.91. The average Bonchev–Trinajstić information content (AvgIpc) is 3.31. The first-order valence-corrected chi connectivity index (χ1v) is 13.6. The van der Waals surface area contributed by atoms with Crippen LogP contribution in [-0.4, -0.2) is 77.2 Å². The number of carboxylic acid groups (broad SMARTS) is 1. The molecule has 1 fully saturated rings. The van der Waals surface area contributed by atoms with Gasteiger partial charge in [0.15, 0.2) is 5.82 Å². The van der Waals surface area contributed by atoms with Gasteiger partial charge in [-0.05, 0) is 50.8 Å². The van der Waals surface area contributed by atoms with Gasteiger partial charge in [0.1, 0.15) is 0 Å². The van der Waals surface area contributed by atoms with Crippen molar-refractivity contribution >= 4 is 46.7 Å². The molecule has 1 saturated heterocycles. The number of aliphatic carboxylic acids is 1. The fourth-order valence-corrected chi connectivity index (χ4v) is 5.02. The van der Waals surface area contributed by atoms with E-state index in [1.54, 1.807) is 4.90 Å². The summed E-state index contributed by atoms with van der Waals surface area (Å²) in [5.41, 5.74) is 7.87. The minimum absolute atomic E-state index is 0.420. The van der Waals surface area contributed by atoms with Crippen LogP contribution in [0.2, 0.25) is 10.0 Å². The molecule has 3 heterocycles. The molecule has 0 saturated carbocycles. The number of aryl methyl sites for hydroxylation is 2. The highest BCUT2D eigenvalue weighted by Gasteiger charge is 2.38. The van der Waals surface area contributed by atoms with Crippen molar-refractivity contribution in [2.45, 2.75) is 51.2 Å². The number of hydrogen-bond donors (Lipinski definition) is 2. The second-order valence-corrected chi connectivity index (χ2v) is 10.2. The van der Waals surface area contributed by atoms with E-state index in [1.807, 2.05) is 28.9 Å². The fraction of sp³-hybridized carbons (Fsp3) is 0.560. The number of primary amides is 1. The predicted molar refractivity (Wildman–Crippen MR) is 145 cm³/mol. The molecule has 2 aliphatic rings. The number of fused-ring (bicyclic) bond motifs is 1. The van der Waals surface area contributed by atoms with Gasteiger partial charge in [-0.25, -0.2) is 9.59 Å². The van der Waals surface area contributed by atoms with Gasteiger partial charge in [0, 0.05) is 51.0 Å². The zero-order valence-corrected chi connectivity index (χ0v) is 23.0. The first kappa shape index (κ1) is 30.8. The van der Waals surface area contributed by atoms with Crippen LogP contribution < -0.4 is 15.5 Å². The largest absolute Gasteiger partial charge is 0.490 e. The van der Waals surface area contributed by atoms with Crippen LogP contribution in [0, 0.1) is 0 Å². The van der Waals surface area contributed by atoms with Gasteiger partial charge >= 0.3 is 18.2 Å². The van der Waals surface area contributed by atoms with E-state index in [2.05, 4.69) is 14.9 Å². The smallest absolute Gasteiger partial charge is 0.475 e. The Morgan fingerprint density at radius 1 is 1.05 bits per heavy atom. The highest BCUT2D eigenvalue weighted by Crippen LogP contribution is 2.33. The van der Waals surface area contributed by atoms with Crippen LogP contribution in [0.3, 0.4) is 0 Å². The SMILES string of the molecule is NC(=O)N(CCCCCN1CCN(c2cccc(Cl)c2Cl)CC1)c1cc2n(n1)CCCC2.O=C(O)C(F)(F)F. The van der Waals surface area contributed by atoms with E-state index in [0.29, 0.717) is 22.4 Å². The number of aromatic nitrogens is 2. The Labute approximate surface area is 235 Å². The van der Waals surface area contributed by atoms with Gasteiger partial charge in [-0.2, -0.15) is 18.3 Å². The molecule has 0 radical (unpaired) electrons. The molecule has 2 aromatic rings. The molecule has 2 aliphatic heterocycles. The number of halogens is 5. The molecule has 2 amide bonds. The predicted octanol–water partition coefficient (Wildman–Crippen LogP) is 5.04. The fourth-order valence-electron chi connectivity index (χ4n) is 4.60. The maximum absolute atomic E-state index is 12.0. The van der Waals surface area contributed by atoms with Crippen LogP contribution in [0.25, 0.3) is 0 Å². The van der Waals surface area contributed by atoms with Crippen molar-refractivity contribution in [2.75, 3.05) is 49.1 Å². The zero-order valence-electron chi connectivity index (χ0n) is 21.5. The molecule has 0 spiro atoms. The molecule has 14 heteroatoms. The summed E-state index contributed by atoms with van der Waals surface area (Å²) in [4.78, 5) is 27.3. The van der Waals surface area contributed by atoms with Crippen molar-refractivity contribution in [1.82, 2.24) is 14.7 Å². The third-order valence-corrected chi connectivity index (χ3v) is 7.50. The van der Waals surface area contributed by atoms with E-state index < -0.39 is 18.2 Å². The van der Waals surface area contributed by atoms with Crippen LogP contribution in [0.15, 0.2) is 24.3 Å². The number of rotatable bonds is 8. The van der Waals surface area contributed by atoms with Crippen LogP contribution in [0.4, 0.5) is 29.5 Å². The summed E-state index contributed by atoms with van der Waals surface area (Å²) in [5.74, 6) is -2.06. The van der Waals surface area contributed by atoms with E-state index in [-0.39, 0.29) is 0 Å². The van der Waals surface area contributed by atoms with Gasteiger partial charge in [-0.1, -0.05) is 35.7 Å². The quantitative estimate of drug-likeness (QED) is 0.416. The van der Waals surface area contributed by atoms with Crippen molar-refractivity contribution in [2.24, 2.45) is 5.73 Å². The molecular formula is C25H33Cl2F3N6O3. The molecule has 4 rings (SSSR count). The highest BCUT2D eigenvalue weighted by atomic mass is 35.5. The summed E-state index contributed by atoms with van der Waals surface area (Å²) in [7, 11) is 0.